The monoisotopic (exact) mass is 470 g/mol. The van der Waals surface area contributed by atoms with E-state index in [1.165, 1.54) is 10.6 Å². The highest BCUT2D eigenvalue weighted by Gasteiger charge is 2.40. The van der Waals surface area contributed by atoms with E-state index >= 15 is 0 Å². The van der Waals surface area contributed by atoms with Crippen LogP contribution in [0.5, 0.6) is 0 Å². The Kier molecular flexibility index (Phi) is 6.27. The molecule has 0 spiro atoms. The predicted molar refractivity (Wildman–Crippen MR) is 105 cm³/mol. The number of aromatic nitrogens is 1. The molecule has 1 aliphatic heterocycles. The van der Waals surface area contributed by atoms with Crippen molar-refractivity contribution in [3.05, 3.63) is 51.6 Å². The summed E-state index contributed by atoms with van der Waals surface area (Å²) < 4.78 is 53.0. The van der Waals surface area contributed by atoms with Crippen molar-refractivity contribution in [2.24, 2.45) is 0 Å². The first-order valence-electron chi connectivity index (χ1n) is 9.29. The maximum Gasteiger partial charge on any atom is 0.408 e. The molecule has 0 saturated heterocycles. The lowest BCUT2D eigenvalue weighted by molar-refractivity contribution is -0.156. The van der Waals surface area contributed by atoms with E-state index in [0.29, 0.717) is 25.5 Å². The first-order valence-corrected chi connectivity index (χ1v) is 9.67. The first kappa shape index (κ1) is 23.3. The molecule has 1 aromatic heterocycles. The zero-order chi connectivity index (χ0) is 23.8. The van der Waals surface area contributed by atoms with Crippen molar-refractivity contribution < 1.29 is 31.9 Å². The average molecular weight is 471 g/mol. The lowest BCUT2D eigenvalue weighted by atomic mass is 10.1. The van der Waals surface area contributed by atoms with Gasteiger partial charge in [0.15, 0.2) is 0 Å². The number of hydrogen-bond acceptors (Lipinski definition) is 4. The van der Waals surface area contributed by atoms with Gasteiger partial charge in [-0.25, -0.2) is 4.39 Å². The molecule has 2 aromatic rings. The average Bonchev–Trinajstić information content (AvgIpc) is 3.27. The Hall–Kier alpha value is -3.39. The summed E-state index contributed by atoms with van der Waals surface area (Å²) in [6.07, 6.45) is -3.89. The fraction of sp³-hybridized carbons (Fsp3) is 0.300. The molecular formula is C20H15ClF4N4O3. The number of Topliss-reactive ketones (excluding diaryl/α,β-unsaturated/α-hetero) is 1. The van der Waals surface area contributed by atoms with Crippen LogP contribution in [0.1, 0.15) is 45.4 Å². The molecule has 0 fully saturated rings. The number of anilines is 1. The van der Waals surface area contributed by atoms with Gasteiger partial charge >= 0.3 is 6.18 Å². The van der Waals surface area contributed by atoms with Gasteiger partial charge < -0.3 is 15.2 Å². The maximum absolute atomic E-state index is 13.5. The lowest BCUT2D eigenvalue weighted by Gasteiger charge is -2.16. The molecule has 168 valence electrons. The fourth-order valence-electron chi connectivity index (χ4n) is 3.33. The summed E-state index contributed by atoms with van der Waals surface area (Å²) in [5, 5.41) is 12.6. The summed E-state index contributed by atoms with van der Waals surface area (Å²) >= 11 is 6.24. The normalized spacial score (nSPS) is 13.8. The van der Waals surface area contributed by atoms with Gasteiger partial charge in [0.1, 0.15) is 23.6 Å². The predicted octanol–water partition coefficient (Wildman–Crippen LogP) is 3.60. The van der Waals surface area contributed by atoms with Gasteiger partial charge in [0, 0.05) is 17.9 Å². The Bertz CT molecular complexity index is 1170. The van der Waals surface area contributed by atoms with Crippen LogP contribution in [0.4, 0.5) is 23.2 Å². The number of hydrogen-bond donors (Lipinski definition) is 2. The van der Waals surface area contributed by atoms with Crippen LogP contribution in [0.25, 0.3) is 0 Å². The highest BCUT2D eigenvalue weighted by atomic mass is 35.5. The van der Waals surface area contributed by atoms with Crippen LogP contribution in [0.3, 0.4) is 0 Å². The number of carbonyl (C=O) groups is 3. The van der Waals surface area contributed by atoms with Gasteiger partial charge in [-0.1, -0.05) is 11.6 Å². The Morgan fingerprint density at radius 2 is 1.97 bits per heavy atom. The van der Waals surface area contributed by atoms with Crippen LogP contribution < -0.4 is 10.6 Å². The smallest absolute Gasteiger partial charge is 0.340 e. The van der Waals surface area contributed by atoms with E-state index in [4.69, 9.17) is 16.9 Å². The Labute approximate surface area is 183 Å². The molecule has 12 heteroatoms. The standard InChI is InChI=1S/C20H15ClF4N4O3/c1-9(20(23,24)25)27-19(32)17(30)16-15(21)14(13-3-2-6-29(13)16)18(31)28-11-4-5-12(22)10(7-11)8-26/h4-5,7,9H,2-3,6H2,1H3,(H,27,32)(H,28,31). The Morgan fingerprint density at radius 1 is 1.28 bits per heavy atom. The minimum atomic E-state index is -4.75. The van der Waals surface area contributed by atoms with E-state index in [0.717, 1.165) is 12.1 Å². The maximum atomic E-state index is 13.5. The summed E-state index contributed by atoms with van der Waals surface area (Å²) in [4.78, 5) is 37.6. The minimum absolute atomic E-state index is 0.0894. The number of carbonyl (C=O) groups excluding carboxylic acids is 3. The molecule has 2 heterocycles. The van der Waals surface area contributed by atoms with Crippen molar-refractivity contribution in [1.29, 1.82) is 5.26 Å². The van der Waals surface area contributed by atoms with E-state index in [2.05, 4.69) is 5.32 Å². The van der Waals surface area contributed by atoms with Crippen LogP contribution in [-0.2, 0) is 17.8 Å². The molecule has 1 aliphatic rings. The van der Waals surface area contributed by atoms with Crippen molar-refractivity contribution in [3.63, 3.8) is 0 Å². The molecule has 7 nitrogen and oxygen atoms in total. The summed E-state index contributed by atoms with van der Waals surface area (Å²) in [7, 11) is 0. The van der Waals surface area contributed by atoms with Gasteiger partial charge in [-0.2, -0.15) is 18.4 Å². The number of nitriles is 1. The van der Waals surface area contributed by atoms with Gasteiger partial charge in [0.05, 0.1) is 16.1 Å². The molecule has 1 aromatic carbocycles. The molecule has 2 N–H and O–H groups in total. The molecule has 0 aliphatic carbocycles. The molecule has 3 rings (SSSR count). The third-order valence-corrected chi connectivity index (χ3v) is 5.31. The number of benzene rings is 1. The number of nitrogens with one attached hydrogen (secondary N) is 2. The molecule has 2 amide bonds. The quantitative estimate of drug-likeness (QED) is 0.396. The van der Waals surface area contributed by atoms with Gasteiger partial charge in [-0.3, -0.25) is 14.4 Å². The summed E-state index contributed by atoms with van der Waals surface area (Å²) in [5.74, 6) is -4.37. The van der Waals surface area contributed by atoms with Crippen molar-refractivity contribution in [2.75, 3.05) is 5.32 Å². The fourth-order valence-corrected chi connectivity index (χ4v) is 3.71. The number of nitrogens with zero attached hydrogens (tertiary/aromatic N) is 2. The SMILES string of the molecule is CC(NC(=O)C(=O)c1c(Cl)c(C(=O)Nc2ccc(F)c(C#N)c2)c2n1CCC2)C(F)(F)F. The second-order valence-electron chi connectivity index (χ2n) is 7.07. The van der Waals surface area contributed by atoms with E-state index in [1.807, 2.05) is 0 Å². The third-order valence-electron chi connectivity index (χ3n) is 4.94. The van der Waals surface area contributed by atoms with Crippen molar-refractivity contribution in [2.45, 2.75) is 38.5 Å². The van der Waals surface area contributed by atoms with E-state index in [-0.39, 0.29) is 34.1 Å². The van der Waals surface area contributed by atoms with Crippen LogP contribution >= 0.6 is 11.6 Å². The molecule has 0 bridgehead atoms. The summed E-state index contributed by atoms with van der Waals surface area (Å²) in [6.45, 7) is 0.924. The molecule has 0 saturated carbocycles. The van der Waals surface area contributed by atoms with Gasteiger partial charge in [-0.05, 0) is 38.0 Å². The molecule has 32 heavy (non-hydrogen) atoms. The number of fused-ring (bicyclic) bond motifs is 1. The van der Waals surface area contributed by atoms with Crippen LogP contribution in [0.15, 0.2) is 18.2 Å². The third kappa shape index (κ3) is 4.31. The Morgan fingerprint density at radius 3 is 2.59 bits per heavy atom. The molecular weight excluding hydrogens is 456 g/mol. The summed E-state index contributed by atoms with van der Waals surface area (Å²) in [6, 6.07) is 2.68. The van der Waals surface area contributed by atoms with E-state index in [1.54, 1.807) is 11.4 Å². The second kappa shape index (κ2) is 8.63. The molecule has 0 radical (unpaired) electrons. The topological polar surface area (TPSA) is 104 Å². The Balaban J connectivity index is 1.92. The van der Waals surface area contributed by atoms with Gasteiger partial charge in [0.25, 0.3) is 17.6 Å². The highest BCUT2D eigenvalue weighted by molar-refractivity contribution is 6.48. The number of halogens is 5. The van der Waals surface area contributed by atoms with E-state index in [9.17, 15) is 31.9 Å². The zero-order valence-electron chi connectivity index (χ0n) is 16.4. The van der Waals surface area contributed by atoms with Gasteiger partial charge in [-0.15, -0.1) is 0 Å². The van der Waals surface area contributed by atoms with Crippen LogP contribution in [0.2, 0.25) is 5.02 Å². The van der Waals surface area contributed by atoms with Gasteiger partial charge in [0.2, 0.25) is 0 Å². The van der Waals surface area contributed by atoms with Crippen molar-refractivity contribution in [3.8, 4) is 6.07 Å². The minimum Gasteiger partial charge on any atom is -0.340 e. The van der Waals surface area contributed by atoms with Crippen LogP contribution in [-0.4, -0.2) is 34.4 Å². The second-order valence-corrected chi connectivity index (χ2v) is 7.44. The number of ketones is 1. The molecule has 1 atom stereocenters. The van der Waals surface area contributed by atoms with Crippen molar-refractivity contribution >= 4 is 34.9 Å². The molecule has 1 unspecified atom stereocenters. The first-order chi connectivity index (χ1) is 15.0. The zero-order valence-corrected chi connectivity index (χ0v) is 17.2. The number of alkyl halides is 3. The van der Waals surface area contributed by atoms with Crippen molar-refractivity contribution in [1.82, 2.24) is 9.88 Å². The highest BCUT2D eigenvalue weighted by Crippen LogP contribution is 2.34. The largest absolute Gasteiger partial charge is 0.408 e. The lowest BCUT2D eigenvalue weighted by Crippen LogP contribution is -2.46. The van der Waals surface area contributed by atoms with E-state index < -0.39 is 35.6 Å². The number of amides is 2. The van der Waals surface area contributed by atoms with Crippen LogP contribution in [0, 0.1) is 17.1 Å². The summed E-state index contributed by atoms with van der Waals surface area (Å²) in [5.41, 5.74) is -0.371. The number of rotatable bonds is 5.